The van der Waals surface area contributed by atoms with Crippen LogP contribution in [0.5, 0.6) is 0 Å². The first-order chi connectivity index (χ1) is 4.88. The van der Waals surface area contributed by atoms with Crippen LogP contribution in [0.25, 0.3) is 0 Å². The van der Waals surface area contributed by atoms with Gasteiger partial charge in [-0.25, -0.2) is 0 Å². The maximum atomic E-state index is 3.97. The molecular formula is C7H10N2S. The van der Waals surface area contributed by atoms with E-state index in [1.165, 1.54) is 4.88 Å². The summed E-state index contributed by atoms with van der Waals surface area (Å²) in [6, 6.07) is 0.257. The highest BCUT2D eigenvalue weighted by atomic mass is 32.1. The van der Waals surface area contributed by atoms with Gasteiger partial charge in [-0.3, -0.25) is 4.98 Å². The Kier molecular flexibility index (Phi) is 2.59. The summed E-state index contributed by atoms with van der Waals surface area (Å²) in [7, 11) is 1.91. The van der Waals surface area contributed by atoms with Crippen molar-refractivity contribution in [2.45, 2.75) is 6.04 Å². The van der Waals surface area contributed by atoms with Crippen LogP contribution in [-0.4, -0.2) is 12.0 Å². The lowest BCUT2D eigenvalue weighted by Gasteiger charge is -2.05. The molecule has 1 atom stereocenters. The van der Waals surface area contributed by atoms with Crippen molar-refractivity contribution >= 4 is 11.3 Å². The summed E-state index contributed by atoms with van der Waals surface area (Å²) in [6.45, 7) is 3.70. The van der Waals surface area contributed by atoms with Crippen LogP contribution in [0.15, 0.2) is 24.4 Å². The van der Waals surface area contributed by atoms with Gasteiger partial charge in [-0.1, -0.05) is 6.08 Å². The molecule has 0 saturated carbocycles. The van der Waals surface area contributed by atoms with Gasteiger partial charge >= 0.3 is 0 Å². The van der Waals surface area contributed by atoms with Crippen molar-refractivity contribution < 1.29 is 0 Å². The number of nitrogens with one attached hydrogen (secondary N) is 1. The molecule has 0 amide bonds. The number of thiazole rings is 1. The van der Waals surface area contributed by atoms with Crippen LogP contribution in [0.4, 0.5) is 0 Å². The minimum Gasteiger partial charge on any atom is -0.309 e. The molecule has 0 aliphatic rings. The van der Waals surface area contributed by atoms with Gasteiger partial charge < -0.3 is 5.32 Å². The lowest BCUT2D eigenvalue weighted by molar-refractivity contribution is 0.727. The van der Waals surface area contributed by atoms with Crippen LogP contribution in [0.1, 0.15) is 10.9 Å². The molecule has 0 aliphatic carbocycles. The fourth-order valence-corrected chi connectivity index (χ4v) is 1.48. The molecule has 1 N–H and O–H groups in total. The minimum absolute atomic E-state index is 0.257. The molecule has 1 heterocycles. The van der Waals surface area contributed by atoms with Gasteiger partial charge in [0.25, 0.3) is 0 Å². The van der Waals surface area contributed by atoms with E-state index in [0.29, 0.717) is 0 Å². The average molecular weight is 154 g/mol. The molecule has 1 aromatic heterocycles. The maximum Gasteiger partial charge on any atom is 0.0794 e. The second-order valence-corrected chi connectivity index (χ2v) is 2.82. The highest BCUT2D eigenvalue weighted by Gasteiger charge is 2.03. The Hall–Kier alpha value is -0.670. The zero-order valence-electron chi connectivity index (χ0n) is 5.87. The highest BCUT2D eigenvalue weighted by Crippen LogP contribution is 2.16. The van der Waals surface area contributed by atoms with E-state index >= 15 is 0 Å². The van der Waals surface area contributed by atoms with Gasteiger partial charge in [-0.2, -0.15) is 0 Å². The van der Waals surface area contributed by atoms with Crippen LogP contribution < -0.4 is 5.32 Å². The minimum atomic E-state index is 0.257. The number of nitrogens with zero attached hydrogens (tertiary/aromatic N) is 1. The Balaban J connectivity index is 2.73. The first kappa shape index (κ1) is 7.44. The third-order valence-corrected chi connectivity index (χ3v) is 2.16. The van der Waals surface area contributed by atoms with Gasteiger partial charge in [0.2, 0.25) is 0 Å². The molecular weight excluding hydrogens is 144 g/mol. The molecule has 0 bridgehead atoms. The zero-order valence-corrected chi connectivity index (χ0v) is 6.69. The van der Waals surface area contributed by atoms with Crippen LogP contribution in [0, 0.1) is 0 Å². The molecule has 0 radical (unpaired) electrons. The highest BCUT2D eigenvalue weighted by molar-refractivity contribution is 7.09. The van der Waals surface area contributed by atoms with E-state index in [-0.39, 0.29) is 6.04 Å². The van der Waals surface area contributed by atoms with Gasteiger partial charge in [0.05, 0.1) is 11.6 Å². The molecule has 1 unspecified atom stereocenters. The van der Waals surface area contributed by atoms with Crippen LogP contribution in [0.3, 0.4) is 0 Å². The number of rotatable bonds is 3. The van der Waals surface area contributed by atoms with Crippen molar-refractivity contribution in [3.63, 3.8) is 0 Å². The Morgan fingerprint density at radius 2 is 2.70 bits per heavy atom. The monoisotopic (exact) mass is 154 g/mol. The van der Waals surface area contributed by atoms with Gasteiger partial charge in [-0.05, 0) is 7.05 Å². The maximum absolute atomic E-state index is 3.97. The van der Waals surface area contributed by atoms with Crippen molar-refractivity contribution in [3.05, 3.63) is 29.2 Å². The smallest absolute Gasteiger partial charge is 0.0794 e. The number of hydrogen-bond acceptors (Lipinski definition) is 3. The molecule has 0 saturated heterocycles. The normalized spacial score (nSPS) is 12.9. The molecule has 3 heteroatoms. The second kappa shape index (κ2) is 3.49. The Morgan fingerprint density at radius 3 is 3.10 bits per heavy atom. The summed E-state index contributed by atoms with van der Waals surface area (Å²) < 4.78 is 0. The van der Waals surface area contributed by atoms with E-state index in [9.17, 15) is 0 Å². The van der Waals surface area contributed by atoms with E-state index in [0.717, 1.165) is 0 Å². The first-order valence-corrected chi connectivity index (χ1v) is 3.94. The van der Waals surface area contributed by atoms with E-state index in [1.807, 2.05) is 24.8 Å². The summed E-state index contributed by atoms with van der Waals surface area (Å²) >= 11 is 1.64. The lowest BCUT2D eigenvalue weighted by atomic mass is 10.3. The van der Waals surface area contributed by atoms with Gasteiger partial charge in [0.15, 0.2) is 0 Å². The molecule has 0 fully saturated rings. The van der Waals surface area contributed by atoms with Crippen LogP contribution >= 0.6 is 11.3 Å². The second-order valence-electron chi connectivity index (χ2n) is 1.91. The quantitative estimate of drug-likeness (QED) is 0.669. The molecule has 0 spiro atoms. The molecule has 54 valence electrons. The number of aromatic nitrogens is 1. The van der Waals surface area contributed by atoms with Crippen molar-refractivity contribution in [3.8, 4) is 0 Å². The fourth-order valence-electron chi connectivity index (χ4n) is 0.755. The SMILES string of the molecule is C=CC(NC)c1cncs1. The Bertz CT molecular complexity index is 193. The van der Waals surface area contributed by atoms with Gasteiger partial charge in [0.1, 0.15) is 0 Å². The number of likely N-dealkylation sites (N-methyl/N-ethyl adjacent to an activating group) is 1. The Labute approximate surface area is 64.6 Å². The summed E-state index contributed by atoms with van der Waals surface area (Å²) in [5, 5.41) is 3.11. The molecule has 0 aliphatic heterocycles. The van der Waals surface area contributed by atoms with Crippen molar-refractivity contribution in [1.82, 2.24) is 10.3 Å². The van der Waals surface area contributed by atoms with Gasteiger partial charge in [-0.15, -0.1) is 17.9 Å². The molecule has 0 aromatic carbocycles. The van der Waals surface area contributed by atoms with E-state index in [1.54, 1.807) is 11.3 Å². The van der Waals surface area contributed by atoms with Crippen LogP contribution in [-0.2, 0) is 0 Å². The Morgan fingerprint density at radius 1 is 1.90 bits per heavy atom. The lowest BCUT2D eigenvalue weighted by Crippen LogP contribution is -2.11. The van der Waals surface area contributed by atoms with E-state index < -0.39 is 0 Å². The topological polar surface area (TPSA) is 24.9 Å². The summed E-state index contributed by atoms with van der Waals surface area (Å²) in [4.78, 5) is 5.18. The van der Waals surface area contributed by atoms with Crippen molar-refractivity contribution in [1.29, 1.82) is 0 Å². The largest absolute Gasteiger partial charge is 0.309 e. The summed E-state index contributed by atoms with van der Waals surface area (Å²) in [5.74, 6) is 0. The van der Waals surface area contributed by atoms with Gasteiger partial charge in [0, 0.05) is 11.1 Å². The predicted molar refractivity (Wildman–Crippen MR) is 44.1 cm³/mol. The molecule has 1 rings (SSSR count). The van der Waals surface area contributed by atoms with E-state index in [4.69, 9.17) is 0 Å². The third-order valence-electron chi connectivity index (χ3n) is 1.30. The average Bonchev–Trinajstić information content (AvgIpc) is 2.43. The molecule has 1 aromatic rings. The van der Waals surface area contributed by atoms with Crippen molar-refractivity contribution in [2.24, 2.45) is 0 Å². The number of hydrogen-bond donors (Lipinski definition) is 1. The zero-order chi connectivity index (χ0) is 7.40. The van der Waals surface area contributed by atoms with E-state index in [2.05, 4.69) is 16.9 Å². The van der Waals surface area contributed by atoms with Crippen molar-refractivity contribution in [2.75, 3.05) is 7.05 Å². The first-order valence-electron chi connectivity index (χ1n) is 3.06. The fraction of sp³-hybridized carbons (Fsp3) is 0.286. The predicted octanol–water partition coefficient (Wildman–Crippen LogP) is 1.59. The summed E-state index contributed by atoms with van der Waals surface area (Å²) in [6.07, 6.45) is 3.72. The molecule has 2 nitrogen and oxygen atoms in total. The van der Waals surface area contributed by atoms with Crippen LogP contribution in [0.2, 0.25) is 0 Å². The summed E-state index contributed by atoms with van der Waals surface area (Å²) in [5.41, 5.74) is 1.82. The standard InChI is InChI=1S/C7H10N2S/c1-3-6(8-2)7-4-9-5-10-7/h3-6,8H,1H2,2H3. The third kappa shape index (κ3) is 1.43. The molecule has 10 heavy (non-hydrogen) atoms.